The van der Waals surface area contributed by atoms with Crippen LogP contribution >= 0.6 is 0 Å². The van der Waals surface area contributed by atoms with Crippen molar-refractivity contribution in [2.75, 3.05) is 47.6 Å². The number of hydrogen-bond donors (Lipinski definition) is 1. The molecule has 1 N–H and O–H groups in total. The van der Waals surface area contributed by atoms with Gasteiger partial charge in [-0.05, 0) is 37.6 Å². The minimum Gasteiger partial charge on any atom is -0.497 e. The van der Waals surface area contributed by atoms with Crippen molar-refractivity contribution in [3.63, 3.8) is 0 Å². The first-order valence-electron chi connectivity index (χ1n) is 8.59. The molecule has 0 unspecified atom stereocenters. The predicted molar refractivity (Wildman–Crippen MR) is 98.1 cm³/mol. The maximum absolute atomic E-state index is 12.1. The Hall–Kier alpha value is -2.05. The maximum atomic E-state index is 12.1. The summed E-state index contributed by atoms with van der Waals surface area (Å²) in [7, 11) is 4.92. The Morgan fingerprint density at radius 2 is 2.16 bits per heavy atom. The third-order valence-corrected chi connectivity index (χ3v) is 4.45. The molecule has 1 aromatic carbocycles. The van der Waals surface area contributed by atoms with Gasteiger partial charge in [0, 0.05) is 43.9 Å². The smallest absolute Gasteiger partial charge is 0.244 e. The van der Waals surface area contributed by atoms with E-state index in [1.165, 1.54) is 6.42 Å². The van der Waals surface area contributed by atoms with E-state index >= 15 is 0 Å². The van der Waals surface area contributed by atoms with E-state index in [9.17, 15) is 4.79 Å². The van der Waals surface area contributed by atoms with Gasteiger partial charge in [0.1, 0.15) is 11.5 Å². The lowest BCUT2D eigenvalue weighted by atomic mass is 10.1. The summed E-state index contributed by atoms with van der Waals surface area (Å²) in [5.74, 6) is 1.29. The summed E-state index contributed by atoms with van der Waals surface area (Å²) >= 11 is 0. The van der Waals surface area contributed by atoms with Crippen LogP contribution < -0.4 is 14.8 Å². The Kier molecular flexibility index (Phi) is 7.76. The van der Waals surface area contributed by atoms with Gasteiger partial charge in [-0.1, -0.05) is 0 Å². The van der Waals surface area contributed by atoms with Crippen LogP contribution in [0.5, 0.6) is 11.5 Å². The van der Waals surface area contributed by atoms with Crippen molar-refractivity contribution in [2.45, 2.75) is 18.9 Å². The number of carbonyl (C=O) groups is 1. The van der Waals surface area contributed by atoms with Crippen LogP contribution in [0, 0.1) is 0 Å². The van der Waals surface area contributed by atoms with Gasteiger partial charge in [-0.25, -0.2) is 0 Å². The minimum atomic E-state index is -0.100. The molecule has 0 radical (unpaired) electrons. The van der Waals surface area contributed by atoms with Gasteiger partial charge in [-0.3, -0.25) is 9.69 Å². The number of amides is 1. The number of methoxy groups -OCH3 is 3. The molecule has 1 atom stereocenters. The van der Waals surface area contributed by atoms with Crippen LogP contribution in [0.1, 0.15) is 18.4 Å². The van der Waals surface area contributed by atoms with Gasteiger partial charge in [0.2, 0.25) is 5.91 Å². The van der Waals surface area contributed by atoms with E-state index in [1.807, 2.05) is 12.1 Å². The van der Waals surface area contributed by atoms with Crippen LogP contribution in [0.15, 0.2) is 24.3 Å². The number of nitrogens with zero attached hydrogens (tertiary/aromatic N) is 1. The molecule has 1 aliphatic rings. The highest BCUT2D eigenvalue weighted by molar-refractivity contribution is 5.92. The van der Waals surface area contributed by atoms with E-state index in [4.69, 9.17) is 14.2 Å². The van der Waals surface area contributed by atoms with Gasteiger partial charge in [-0.15, -0.1) is 0 Å². The zero-order chi connectivity index (χ0) is 18.1. The number of ether oxygens (including phenoxy) is 3. The Morgan fingerprint density at radius 1 is 1.32 bits per heavy atom. The Bertz CT molecular complexity index is 589. The molecule has 6 nitrogen and oxygen atoms in total. The first-order valence-corrected chi connectivity index (χ1v) is 8.59. The maximum Gasteiger partial charge on any atom is 0.244 e. The Balaban J connectivity index is 1.86. The third kappa shape index (κ3) is 5.76. The molecule has 1 aliphatic heterocycles. The average Bonchev–Trinajstić information content (AvgIpc) is 3.10. The molecule has 0 spiro atoms. The van der Waals surface area contributed by atoms with Gasteiger partial charge in [-0.2, -0.15) is 0 Å². The number of carbonyl (C=O) groups excluding carboxylic acids is 1. The van der Waals surface area contributed by atoms with Crippen LogP contribution in [0.2, 0.25) is 0 Å². The lowest BCUT2D eigenvalue weighted by Crippen LogP contribution is -2.41. The highest BCUT2D eigenvalue weighted by atomic mass is 16.5. The van der Waals surface area contributed by atoms with E-state index in [0.717, 1.165) is 37.4 Å². The third-order valence-electron chi connectivity index (χ3n) is 4.45. The van der Waals surface area contributed by atoms with E-state index < -0.39 is 0 Å². The van der Waals surface area contributed by atoms with Gasteiger partial charge < -0.3 is 19.5 Å². The van der Waals surface area contributed by atoms with Gasteiger partial charge in [0.05, 0.1) is 20.8 Å². The van der Waals surface area contributed by atoms with Crippen LogP contribution in [0.3, 0.4) is 0 Å². The van der Waals surface area contributed by atoms with Gasteiger partial charge in [0.25, 0.3) is 0 Å². The number of nitrogens with one attached hydrogen (secondary N) is 1. The number of rotatable bonds is 9. The van der Waals surface area contributed by atoms with Crippen molar-refractivity contribution in [2.24, 2.45) is 0 Å². The molecule has 1 amide bonds. The molecule has 25 heavy (non-hydrogen) atoms. The fraction of sp³-hybridized carbons (Fsp3) is 0.526. The molecule has 1 fully saturated rings. The molecule has 0 aromatic heterocycles. The van der Waals surface area contributed by atoms with Crippen molar-refractivity contribution in [1.29, 1.82) is 0 Å². The van der Waals surface area contributed by atoms with E-state index in [2.05, 4.69) is 10.2 Å². The minimum absolute atomic E-state index is 0.100. The first kappa shape index (κ1) is 19.3. The number of hydrogen-bond acceptors (Lipinski definition) is 5. The molecule has 6 heteroatoms. The van der Waals surface area contributed by atoms with Crippen LogP contribution in [0.4, 0.5) is 0 Å². The molecule has 0 saturated carbocycles. The van der Waals surface area contributed by atoms with Crippen LogP contribution in [0.25, 0.3) is 6.08 Å². The lowest BCUT2D eigenvalue weighted by Gasteiger charge is -2.24. The predicted octanol–water partition coefficient (Wildman–Crippen LogP) is 1.94. The van der Waals surface area contributed by atoms with Crippen molar-refractivity contribution >= 4 is 12.0 Å². The Labute approximate surface area is 149 Å². The van der Waals surface area contributed by atoms with Crippen LogP contribution in [-0.2, 0) is 9.53 Å². The number of likely N-dealkylation sites (tertiary alicyclic amines) is 1. The summed E-state index contributed by atoms with van der Waals surface area (Å²) in [6, 6.07) is 5.89. The monoisotopic (exact) mass is 348 g/mol. The average molecular weight is 348 g/mol. The second kappa shape index (κ2) is 10.1. The summed E-state index contributed by atoms with van der Waals surface area (Å²) in [6.07, 6.45) is 5.58. The summed E-state index contributed by atoms with van der Waals surface area (Å²) in [6.45, 7) is 3.37. The summed E-state index contributed by atoms with van der Waals surface area (Å²) in [5.41, 5.74) is 0.834. The highest BCUT2D eigenvalue weighted by Crippen LogP contribution is 2.25. The molecule has 0 aliphatic carbocycles. The fourth-order valence-electron chi connectivity index (χ4n) is 3.03. The largest absolute Gasteiger partial charge is 0.497 e. The Morgan fingerprint density at radius 3 is 2.88 bits per heavy atom. The normalized spacial score (nSPS) is 17.8. The molecular weight excluding hydrogens is 320 g/mol. The molecular formula is C19H28N2O4. The quantitative estimate of drug-likeness (QED) is 0.691. The highest BCUT2D eigenvalue weighted by Gasteiger charge is 2.23. The lowest BCUT2D eigenvalue weighted by molar-refractivity contribution is -0.116. The van der Waals surface area contributed by atoms with Crippen molar-refractivity contribution in [3.05, 3.63) is 29.8 Å². The SMILES string of the molecule is COCCN1CCC[C@@H]1CNC(=O)/C=C\c1ccc(OC)cc1OC. The molecule has 138 valence electrons. The molecule has 1 aromatic rings. The van der Waals surface area contributed by atoms with Crippen molar-refractivity contribution < 1.29 is 19.0 Å². The topological polar surface area (TPSA) is 60.0 Å². The molecule has 1 saturated heterocycles. The van der Waals surface area contributed by atoms with Gasteiger partial charge in [0.15, 0.2) is 0 Å². The second-order valence-electron chi connectivity index (χ2n) is 6.01. The van der Waals surface area contributed by atoms with E-state index in [0.29, 0.717) is 18.3 Å². The second-order valence-corrected chi connectivity index (χ2v) is 6.01. The van der Waals surface area contributed by atoms with Crippen molar-refractivity contribution in [1.82, 2.24) is 10.2 Å². The van der Waals surface area contributed by atoms with Crippen LogP contribution in [-0.4, -0.2) is 64.4 Å². The summed E-state index contributed by atoms with van der Waals surface area (Å²) in [4.78, 5) is 14.5. The summed E-state index contributed by atoms with van der Waals surface area (Å²) in [5, 5.41) is 2.99. The van der Waals surface area contributed by atoms with E-state index in [1.54, 1.807) is 39.5 Å². The molecule has 2 rings (SSSR count). The standard InChI is InChI=1S/C19H28N2O4/c1-23-12-11-21-10-4-5-16(21)14-20-19(22)9-7-15-6-8-17(24-2)13-18(15)25-3/h6-9,13,16H,4-5,10-12,14H2,1-3H3,(H,20,22)/b9-7-/t16-/m1/s1. The zero-order valence-electron chi connectivity index (χ0n) is 15.3. The molecule has 0 bridgehead atoms. The van der Waals surface area contributed by atoms with Gasteiger partial charge >= 0.3 is 0 Å². The number of benzene rings is 1. The summed E-state index contributed by atoms with van der Waals surface area (Å²) < 4.78 is 15.6. The van der Waals surface area contributed by atoms with E-state index in [-0.39, 0.29) is 5.91 Å². The van der Waals surface area contributed by atoms with Crippen molar-refractivity contribution in [3.8, 4) is 11.5 Å². The molecule has 1 heterocycles. The first-order chi connectivity index (χ1) is 12.2. The fourth-order valence-corrected chi connectivity index (χ4v) is 3.03. The zero-order valence-corrected chi connectivity index (χ0v) is 15.3.